The van der Waals surface area contributed by atoms with Gasteiger partial charge in [-0.05, 0) is 92.6 Å². The fraction of sp³-hybridized carbons (Fsp3) is 0.682. The molecule has 10 nitrogen and oxygen atoms in total. The van der Waals surface area contributed by atoms with Gasteiger partial charge in [0.1, 0.15) is 5.75 Å². The molecule has 7 atom stereocenters. The van der Waals surface area contributed by atoms with E-state index in [-0.39, 0.29) is 24.1 Å². The van der Waals surface area contributed by atoms with Crippen molar-refractivity contribution in [3.8, 4) is 5.75 Å². The highest BCUT2D eigenvalue weighted by Gasteiger charge is 2.57. The van der Waals surface area contributed by atoms with Gasteiger partial charge in [-0.2, -0.15) is 0 Å². The summed E-state index contributed by atoms with van der Waals surface area (Å²) in [7, 11) is -1.98. The second-order valence-corrected chi connectivity index (χ2v) is 15.0. The Morgan fingerprint density at radius 3 is 2.55 bits per heavy atom. The summed E-state index contributed by atoms with van der Waals surface area (Å²) in [4.78, 5) is 26.0. The minimum absolute atomic E-state index is 0.0744. The van der Waals surface area contributed by atoms with Crippen molar-refractivity contribution in [1.82, 2.24) is 5.32 Å². The minimum atomic E-state index is -1.98. The Kier molecular flexibility index (Phi) is 6.65. The second-order valence-electron chi connectivity index (χ2n) is 10.6. The van der Waals surface area contributed by atoms with Gasteiger partial charge < -0.3 is 14.5 Å². The van der Waals surface area contributed by atoms with E-state index in [1.165, 1.54) is 49.9 Å². The largest absolute Gasteiger partial charge is 0.412 e. The normalized spacial score (nSPS) is 29.2. The van der Waals surface area contributed by atoms with E-state index in [4.69, 9.17) is 14.7 Å². The minimum Gasteiger partial charge on any atom is -0.412 e. The summed E-state index contributed by atoms with van der Waals surface area (Å²) in [6, 6.07) is 4.81. The fourth-order valence-corrected chi connectivity index (χ4v) is 7.56. The van der Waals surface area contributed by atoms with Crippen molar-refractivity contribution < 1.29 is 18.9 Å². The van der Waals surface area contributed by atoms with Crippen LogP contribution in [0.15, 0.2) is 29.4 Å². The van der Waals surface area contributed by atoms with Gasteiger partial charge in [0.05, 0.1) is 17.1 Å². The van der Waals surface area contributed by atoms with E-state index >= 15 is 0 Å². The van der Waals surface area contributed by atoms with Gasteiger partial charge >= 0.3 is 6.09 Å². The summed E-state index contributed by atoms with van der Waals surface area (Å²) in [6.07, 6.45) is 4.01. The summed E-state index contributed by atoms with van der Waals surface area (Å²) in [5, 5.41) is 17.5. The molecule has 7 unspecified atom stereocenters. The van der Waals surface area contributed by atoms with Crippen molar-refractivity contribution in [2.45, 2.75) is 57.5 Å². The average Bonchev–Trinajstić information content (AvgIpc) is 3.16. The van der Waals surface area contributed by atoms with Crippen LogP contribution in [-0.2, 0) is 4.43 Å². The molecule has 4 fully saturated rings. The van der Waals surface area contributed by atoms with Crippen LogP contribution < -0.4 is 10.1 Å². The molecule has 5 rings (SSSR count). The SMILES string of the molecule is C[Si](C)(C)OC(C(CN=[N+]=[N-])NC(=O)Oc1ccc([N+](=O)[O-])cc1)C1C2CC3CC(C2)C1C3. The zero-order valence-electron chi connectivity index (χ0n) is 19.2. The van der Waals surface area contributed by atoms with Gasteiger partial charge in [0.2, 0.25) is 0 Å². The average molecular weight is 474 g/mol. The number of ether oxygens (including phenoxy) is 1. The van der Waals surface area contributed by atoms with Crippen LogP contribution in [0.5, 0.6) is 5.75 Å². The Morgan fingerprint density at radius 1 is 1.24 bits per heavy atom. The van der Waals surface area contributed by atoms with Crippen molar-refractivity contribution >= 4 is 20.1 Å². The molecule has 1 aromatic rings. The molecule has 0 radical (unpaired) electrons. The van der Waals surface area contributed by atoms with E-state index in [2.05, 4.69) is 35.0 Å². The molecule has 0 aliphatic heterocycles. The standard InChI is InChI=1S/C22H31N5O5Si/c1-33(2,3)32-21(20-15-9-13-8-14(11-15)18(20)10-13)19(12-24-26-23)25-22(28)31-17-6-4-16(5-7-17)27(29)30/h4-7,13-15,18-21H,8-12H2,1-3H3,(H,25,28). The van der Waals surface area contributed by atoms with Crippen LogP contribution >= 0.6 is 0 Å². The maximum atomic E-state index is 12.8. The molecular weight excluding hydrogens is 442 g/mol. The molecule has 4 saturated carbocycles. The molecule has 4 bridgehead atoms. The number of nitro groups is 1. The molecule has 33 heavy (non-hydrogen) atoms. The smallest absolute Gasteiger partial charge is 0.412 e. The van der Waals surface area contributed by atoms with E-state index in [0.29, 0.717) is 17.8 Å². The zero-order chi connectivity index (χ0) is 23.8. The molecule has 178 valence electrons. The van der Waals surface area contributed by atoms with E-state index in [1.807, 2.05) is 0 Å². The number of hydrogen-bond donors (Lipinski definition) is 1. The van der Waals surface area contributed by atoms with Crippen LogP contribution in [0.3, 0.4) is 0 Å². The number of carbonyl (C=O) groups excluding carboxylic acids is 1. The van der Waals surface area contributed by atoms with Gasteiger partial charge in [-0.25, -0.2) is 4.79 Å². The van der Waals surface area contributed by atoms with Gasteiger partial charge in [-0.3, -0.25) is 10.1 Å². The number of carbonyl (C=O) groups is 1. The maximum Gasteiger partial charge on any atom is 0.412 e. The number of rotatable bonds is 9. The molecule has 0 spiro atoms. The Labute approximate surface area is 193 Å². The number of nitrogens with zero attached hydrogens (tertiary/aromatic N) is 4. The zero-order valence-corrected chi connectivity index (χ0v) is 20.2. The van der Waals surface area contributed by atoms with Gasteiger partial charge in [-0.15, -0.1) is 0 Å². The third-order valence-corrected chi connectivity index (χ3v) is 8.28. The van der Waals surface area contributed by atoms with E-state index in [1.54, 1.807) is 0 Å². The number of non-ortho nitro benzene ring substituents is 1. The number of benzene rings is 1. The summed E-state index contributed by atoms with van der Waals surface area (Å²) in [5.74, 6) is 3.25. The molecule has 0 heterocycles. The van der Waals surface area contributed by atoms with Gasteiger partial charge in [0.15, 0.2) is 8.32 Å². The molecule has 0 aromatic heterocycles. The lowest BCUT2D eigenvalue weighted by Crippen LogP contribution is -2.55. The summed E-state index contributed by atoms with van der Waals surface area (Å²) in [5.41, 5.74) is 8.89. The van der Waals surface area contributed by atoms with E-state index in [9.17, 15) is 14.9 Å². The Morgan fingerprint density at radius 2 is 1.94 bits per heavy atom. The van der Waals surface area contributed by atoms with Gasteiger partial charge in [0, 0.05) is 23.6 Å². The molecule has 4 aliphatic rings. The summed E-state index contributed by atoms with van der Waals surface area (Å²) in [6.45, 7) is 6.46. The Bertz CT molecular complexity index is 941. The monoisotopic (exact) mass is 473 g/mol. The molecular formula is C22H31N5O5Si. The molecule has 1 N–H and O–H groups in total. The quantitative estimate of drug-likeness (QED) is 0.130. The first-order valence-electron chi connectivity index (χ1n) is 11.6. The van der Waals surface area contributed by atoms with Crippen LogP contribution in [0, 0.1) is 39.7 Å². The van der Waals surface area contributed by atoms with E-state index in [0.717, 1.165) is 11.8 Å². The topological polar surface area (TPSA) is 139 Å². The van der Waals surface area contributed by atoms with Crippen molar-refractivity contribution in [1.29, 1.82) is 0 Å². The highest BCUT2D eigenvalue weighted by atomic mass is 28.4. The molecule has 4 aliphatic carbocycles. The number of nitrogens with one attached hydrogen (secondary N) is 1. The lowest BCUT2D eigenvalue weighted by molar-refractivity contribution is -0.384. The number of hydrogen-bond acceptors (Lipinski definition) is 6. The number of azide groups is 1. The predicted molar refractivity (Wildman–Crippen MR) is 124 cm³/mol. The third kappa shape index (κ3) is 5.31. The molecule has 1 aromatic carbocycles. The fourth-order valence-electron chi connectivity index (χ4n) is 6.42. The maximum absolute atomic E-state index is 12.8. The Hall–Kier alpha value is -2.62. The Balaban J connectivity index is 1.53. The first-order valence-corrected chi connectivity index (χ1v) is 15.0. The lowest BCUT2D eigenvalue weighted by atomic mass is 9.72. The third-order valence-electron chi connectivity index (χ3n) is 7.30. The number of nitro benzene ring substituents is 1. The van der Waals surface area contributed by atoms with Crippen molar-refractivity contribution in [2.75, 3.05) is 6.54 Å². The predicted octanol–water partition coefficient (Wildman–Crippen LogP) is 5.26. The highest BCUT2D eigenvalue weighted by molar-refractivity contribution is 6.69. The first-order chi connectivity index (χ1) is 15.6. The van der Waals surface area contributed by atoms with Crippen LogP contribution in [0.25, 0.3) is 10.4 Å². The van der Waals surface area contributed by atoms with Crippen molar-refractivity contribution in [3.63, 3.8) is 0 Å². The van der Waals surface area contributed by atoms with Crippen molar-refractivity contribution in [2.24, 2.45) is 34.7 Å². The van der Waals surface area contributed by atoms with Crippen LogP contribution in [0.2, 0.25) is 19.6 Å². The highest BCUT2D eigenvalue weighted by Crippen LogP contribution is 2.62. The summed E-state index contributed by atoms with van der Waals surface area (Å²) < 4.78 is 12.1. The lowest BCUT2D eigenvalue weighted by Gasteiger charge is -2.43. The summed E-state index contributed by atoms with van der Waals surface area (Å²) >= 11 is 0. The van der Waals surface area contributed by atoms with E-state index < -0.39 is 25.4 Å². The molecule has 11 heteroatoms. The van der Waals surface area contributed by atoms with Gasteiger partial charge in [0.25, 0.3) is 5.69 Å². The van der Waals surface area contributed by atoms with Crippen LogP contribution in [0.4, 0.5) is 10.5 Å². The van der Waals surface area contributed by atoms with Crippen LogP contribution in [0.1, 0.15) is 25.7 Å². The molecule has 1 amide bonds. The second kappa shape index (κ2) is 9.32. The first kappa shape index (κ1) is 23.5. The number of amides is 1. The van der Waals surface area contributed by atoms with Crippen LogP contribution in [-0.4, -0.2) is 38.0 Å². The van der Waals surface area contributed by atoms with Crippen molar-refractivity contribution in [3.05, 3.63) is 44.8 Å². The van der Waals surface area contributed by atoms with Gasteiger partial charge in [-0.1, -0.05) is 5.11 Å². The molecule has 0 saturated heterocycles.